The zero-order valence-electron chi connectivity index (χ0n) is 65.1. The van der Waals surface area contributed by atoms with Gasteiger partial charge in [-0.25, -0.2) is 44.1 Å². The van der Waals surface area contributed by atoms with E-state index in [0.29, 0.717) is 124 Å². The fourth-order valence-corrected chi connectivity index (χ4v) is 16.6. The van der Waals surface area contributed by atoms with Crippen molar-refractivity contribution < 1.29 is 22.8 Å². The van der Waals surface area contributed by atoms with Crippen LogP contribution in [-0.2, 0) is 0 Å². The normalized spacial score (nSPS) is 16.6. The summed E-state index contributed by atoms with van der Waals surface area (Å²) in [5.41, 5.74) is 10.7. The Labute approximate surface area is 686 Å². The van der Waals surface area contributed by atoms with E-state index in [9.17, 15) is 19.2 Å². The van der Waals surface area contributed by atoms with Crippen molar-refractivity contribution in [2.24, 2.45) is 0 Å². The van der Waals surface area contributed by atoms with Crippen molar-refractivity contribution in [3.63, 3.8) is 0 Å². The molecular formula is C88H86Cl3N17O9. The summed E-state index contributed by atoms with van der Waals surface area (Å²) in [6.45, 7) is 22.2. The topological polar surface area (TPSA) is 258 Å². The van der Waals surface area contributed by atoms with E-state index in [1.807, 2.05) is 132 Å². The van der Waals surface area contributed by atoms with Crippen molar-refractivity contribution in [3.8, 4) is 45.0 Å². The molecule has 16 aromatic rings. The molecule has 117 heavy (non-hydrogen) atoms. The predicted octanol–water partition coefficient (Wildman–Crippen LogP) is 13.8. The number of aromatic nitrogens is 9. The average molecular weight is 1630 g/mol. The number of imidazole rings is 4. The van der Waals surface area contributed by atoms with E-state index in [-0.39, 0.29) is 12.2 Å². The molecule has 26 nitrogen and oxygen atoms in total. The maximum Gasteiger partial charge on any atom is 0.345 e. The maximum absolute atomic E-state index is 12.7. The highest BCUT2D eigenvalue weighted by atomic mass is 35.5. The number of benzene rings is 4. The molecule has 0 saturated carbocycles. The molecule has 16 heterocycles. The Morgan fingerprint density at radius 2 is 0.778 bits per heavy atom. The zero-order valence-corrected chi connectivity index (χ0v) is 67.3. The van der Waals surface area contributed by atoms with Crippen LogP contribution in [-0.4, -0.2) is 193 Å². The number of β-amino-alcohol motifs (C(OH)–C–C–N with tert-alkyl or cyclic N) is 1. The van der Waals surface area contributed by atoms with Gasteiger partial charge in [0.1, 0.15) is 22.3 Å². The minimum atomic E-state index is -0.424. The summed E-state index contributed by atoms with van der Waals surface area (Å²) >= 11 is 18.6. The predicted molar refractivity (Wildman–Crippen MR) is 463 cm³/mol. The summed E-state index contributed by atoms with van der Waals surface area (Å²) in [6.07, 6.45) is 18.5. The summed E-state index contributed by atoms with van der Waals surface area (Å²) < 4.78 is 29.9. The first-order valence-electron chi connectivity index (χ1n) is 39.4. The van der Waals surface area contributed by atoms with Crippen molar-refractivity contribution in [1.82, 2.24) is 62.5 Å². The molecular weight excluding hydrogens is 1550 g/mol. The fraction of sp³-hybridized carbons (Fsp3) is 0.284. The van der Waals surface area contributed by atoms with Crippen molar-refractivity contribution in [1.29, 1.82) is 0 Å². The number of fused-ring (bicyclic) bond motifs is 8. The smallest absolute Gasteiger partial charge is 0.345 e. The molecule has 4 fully saturated rings. The van der Waals surface area contributed by atoms with Crippen molar-refractivity contribution in [3.05, 3.63) is 252 Å². The number of piperazine rings is 3. The van der Waals surface area contributed by atoms with Crippen LogP contribution in [0.25, 0.3) is 112 Å². The third-order valence-corrected chi connectivity index (χ3v) is 22.8. The van der Waals surface area contributed by atoms with Crippen LogP contribution in [0.1, 0.15) is 33.6 Å². The highest BCUT2D eigenvalue weighted by molar-refractivity contribution is 6.34. The number of likely N-dealkylation sites (N-methyl/N-ethyl adjacent to an activating group) is 1. The Kier molecular flexibility index (Phi) is 22.5. The molecule has 0 aliphatic carbocycles. The van der Waals surface area contributed by atoms with Gasteiger partial charge >= 0.3 is 22.5 Å². The van der Waals surface area contributed by atoms with Crippen LogP contribution >= 0.6 is 34.8 Å². The first-order chi connectivity index (χ1) is 56.9. The van der Waals surface area contributed by atoms with E-state index >= 15 is 0 Å². The Hall–Kier alpha value is -11.7. The van der Waals surface area contributed by atoms with Gasteiger partial charge in [0, 0.05) is 228 Å². The van der Waals surface area contributed by atoms with E-state index in [1.54, 1.807) is 62.4 Å². The van der Waals surface area contributed by atoms with Crippen LogP contribution in [0, 0.1) is 0 Å². The highest BCUT2D eigenvalue weighted by Crippen LogP contribution is 2.33. The van der Waals surface area contributed by atoms with Crippen molar-refractivity contribution >= 4 is 124 Å². The monoisotopic (exact) mass is 1630 g/mol. The molecule has 0 radical (unpaired) electrons. The van der Waals surface area contributed by atoms with Crippen molar-refractivity contribution in [2.75, 3.05) is 138 Å². The largest absolute Gasteiger partial charge is 0.422 e. The molecule has 0 spiro atoms. The molecule has 2 atom stereocenters. The van der Waals surface area contributed by atoms with E-state index < -0.39 is 16.9 Å². The lowest BCUT2D eigenvalue weighted by Crippen LogP contribution is -2.54. The van der Waals surface area contributed by atoms with Crippen LogP contribution in [0.4, 0.5) is 22.7 Å². The number of nitrogens with one attached hydrogen (secondary N) is 1. The maximum atomic E-state index is 12.7. The number of hydrogen-bond donors (Lipinski definition) is 2. The Morgan fingerprint density at radius 3 is 1.16 bits per heavy atom. The molecule has 20 rings (SSSR count). The number of aliphatic hydroxyl groups excluding tert-OH is 1. The Balaban J connectivity index is 0.000000112. The van der Waals surface area contributed by atoms with E-state index in [0.717, 1.165) is 149 Å². The third-order valence-electron chi connectivity index (χ3n) is 22.0. The number of nitrogens with zero attached hydrogens (tertiary/aromatic N) is 16. The molecule has 29 heteroatoms. The number of pyridine rings is 3. The lowest BCUT2D eigenvalue weighted by Gasteiger charge is -2.37. The Morgan fingerprint density at radius 1 is 0.419 bits per heavy atom. The van der Waals surface area contributed by atoms with Gasteiger partial charge < -0.3 is 65.8 Å². The zero-order chi connectivity index (χ0) is 80.5. The summed E-state index contributed by atoms with van der Waals surface area (Å²) in [7, 11) is 2.15. The molecule has 4 saturated heterocycles. The molecule has 4 aliphatic rings. The minimum absolute atomic E-state index is 0.183. The van der Waals surface area contributed by atoms with Crippen LogP contribution in [0.15, 0.2) is 232 Å². The van der Waals surface area contributed by atoms with Crippen molar-refractivity contribution in [2.45, 2.75) is 45.7 Å². The van der Waals surface area contributed by atoms with Gasteiger partial charge in [-0.1, -0.05) is 41.7 Å². The van der Waals surface area contributed by atoms with Crippen LogP contribution < -0.4 is 47.4 Å². The quantitative estimate of drug-likeness (QED) is 0.108. The van der Waals surface area contributed by atoms with Gasteiger partial charge in [-0.3, -0.25) is 14.2 Å². The molecule has 0 bridgehead atoms. The third kappa shape index (κ3) is 16.9. The molecule has 2 N–H and O–H groups in total. The average Bonchev–Trinajstić information content (AvgIpc) is 1.58. The molecule has 4 aliphatic heterocycles. The summed E-state index contributed by atoms with van der Waals surface area (Å²) in [5.74, 6) is 0.554. The second kappa shape index (κ2) is 33.8. The lowest BCUT2D eigenvalue weighted by atomic mass is 10.1. The van der Waals surface area contributed by atoms with Crippen LogP contribution in [0.5, 0.6) is 0 Å². The molecule has 0 unspecified atom stereocenters. The van der Waals surface area contributed by atoms with E-state index in [2.05, 4.69) is 111 Å². The van der Waals surface area contributed by atoms with Crippen LogP contribution in [0.3, 0.4) is 0 Å². The highest BCUT2D eigenvalue weighted by Gasteiger charge is 2.26. The van der Waals surface area contributed by atoms with Gasteiger partial charge in [0.25, 0.3) is 0 Å². The summed E-state index contributed by atoms with van der Waals surface area (Å²) in [6, 6.07) is 44.9. The van der Waals surface area contributed by atoms with Crippen LogP contribution in [0.2, 0.25) is 15.1 Å². The first kappa shape index (κ1) is 77.8. The number of anilines is 4. The molecule has 4 aromatic carbocycles. The second-order valence-corrected chi connectivity index (χ2v) is 31.4. The standard InChI is InChI=1S/C23H23ClN4O2.C22H21ClN4O3.C22H21ClN4O2.C21H21N5O2/c1-2-7-26-9-11-27(12-10-26)17-6-5-16-13-18(23(29)30-21(16)14-17)20-15-28-8-3-4-19(24)22(28)25-20;23-18-2-1-5-27-14-19(24-21(18)27)17-12-15-3-4-16(13-20(15)30-22(17)29)26-8-6-25(7-9-26)10-11-28;1-13-10-27(11-14(2)24-13)16-6-5-15-8-17(22(28)29-20(15)9-16)19-12-26-7-3-4-18(23)21(26)25-19;1-24-7-3-9-25(11-10-24)16-5-4-15-12-17(20(27)28-19(15)13-16)18-14-26-8-2-6-22-21(26)23-18/h3-6,8,13-15H,2,7,9-12H2,1H3;1-5,12-14,28H,6-11H2;3-9,12-14,24H,10-11H2,1-2H3;2,4-6,8,12-14H,3,7,9-11H2,1H3/t;;13-,14+;. The van der Waals surface area contributed by atoms with E-state index in [4.69, 9.17) is 57.6 Å². The first-order valence-corrected chi connectivity index (χ1v) is 40.6. The number of rotatable bonds is 12. The van der Waals surface area contributed by atoms with E-state index in [1.165, 1.54) is 6.42 Å². The second-order valence-electron chi connectivity index (χ2n) is 30.2. The van der Waals surface area contributed by atoms with Gasteiger partial charge in [0.15, 0.2) is 16.9 Å². The Bertz CT molecular complexity index is 6370. The van der Waals surface area contributed by atoms with Gasteiger partial charge in [-0.15, -0.1) is 0 Å². The molecule has 12 aromatic heterocycles. The number of aliphatic hydroxyl groups is 1. The molecule has 0 amide bonds. The van der Waals surface area contributed by atoms with Gasteiger partial charge in [0.2, 0.25) is 5.78 Å². The van der Waals surface area contributed by atoms with Gasteiger partial charge in [-0.2, -0.15) is 0 Å². The number of hydrogen-bond acceptors (Lipinski definition) is 22. The molecule has 598 valence electrons. The fourth-order valence-electron chi connectivity index (χ4n) is 15.9. The number of halogens is 3. The van der Waals surface area contributed by atoms with Gasteiger partial charge in [0.05, 0.1) is 66.7 Å². The SMILES string of the molecule is CCCN1CCN(c2ccc3cc(-c4cn5cccc(Cl)c5n4)c(=O)oc3c2)CC1.CN1CCCN(c2ccc3cc(-c4cn5cccnc5n4)c(=O)oc3c2)CC1.C[C@@H]1CN(c2ccc3cc(-c4cn5cccc(Cl)c5n4)c(=O)oc3c2)C[C@H](C)N1.O=c1oc2cc(N3CCN(CCO)CC3)ccc2cc1-c1cn2cccc(Cl)c2n1. The summed E-state index contributed by atoms with van der Waals surface area (Å²) in [4.78, 5) is 89.3. The summed E-state index contributed by atoms with van der Waals surface area (Å²) in [5, 5.41) is 17.7. The minimum Gasteiger partial charge on any atom is -0.422 e. The lowest BCUT2D eigenvalue weighted by molar-refractivity contribution is 0.189. The van der Waals surface area contributed by atoms with Gasteiger partial charge in [-0.05, 0) is 162 Å².